The molecule has 1 rings (SSSR count). The van der Waals surface area contributed by atoms with E-state index in [4.69, 9.17) is 21.1 Å². The molecule has 0 amide bonds. The molecule has 6 nitrogen and oxygen atoms in total. The van der Waals surface area contributed by atoms with Gasteiger partial charge in [0.05, 0.1) is 6.61 Å². The van der Waals surface area contributed by atoms with Crippen LogP contribution in [0.15, 0.2) is 17.2 Å². The van der Waals surface area contributed by atoms with Crippen LogP contribution in [0.5, 0.6) is 5.75 Å². The van der Waals surface area contributed by atoms with E-state index in [0.29, 0.717) is 0 Å². The van der Waals surface area contributed by atoms with Crippen LogP contribution < -0.4 is 15.9 Å². The van der Waals surface area contributed by atoms with Crippen LogP contribution >= 0.6 is 0 Å². The molecule has 100 valence electrons. The van der Waals surface area contributed by atoms with Crippen LogP contribution in [0.25, 0.3) is 0 Å². The largest absolute Gasteiger partial charge is 0.494 e. The van der Waals surface area contributed by atoms with Crippen LogP contribution in [-0.2, 0) is 0 Å². The molecule has 0 aliphatic carbocycles. The average molecular weight is 267 g/mol. The van der Waals surface area contributed by atoms with E-state index in [1.165, 1.54) is 6.07 Å². The van der Waals surface area contributed by atoms with Gasteiger partial charge in [0.15, 0.2) is 17.5 Å². The van der Waals surface area contributed by atoms with Gasteiger partial charge in [0, 0.05) is 12.1 Å². The number of nitriles is 1. The Morgan fingerprint density at radius 1 is 1.53 bits per heavy atom. The number of hydrogen-bond donors (Lipinski definition) is 3. The van der Waals surface area contributed by atoms with Gasteiger partial charge in [-0.15, -0.1) is 0 Å². The van der Waals surface area contributed by atoms with Crippen molar-refractivity contribution in [2.24, 2.45) is 10.8 Å². The Morgan fingerprint density at radius 3 is 2.53 bits per heavy atom. The number of hydrogen-bond acceptors (Lipinski definition) is 5. The molecule has 0 atom stereocenters. The van der Waals surface area contributed by atoms with Crippen molar-refractivity contribution in [3.8, 4) is 11.8 Å². The molecular formula is C11H11F2N5O. The minimum atomic E-state index is -0.937. The molecule has 1 aromatic rings. The quantitative estimate of drug-likeness (QED) is 0.427. The maximum atomic E-state index is 13.6. The molecule has 19 heavy (non-hydrogen) atoms. The van der Waals surface area contributed by atoms with Gasteiger partial charge in [0.2, 0.25) is 5.71 Å². The van der Waals surface area contributed by atoms with Gasteiger partial charge in [-0.05, 0) is 6.92 Å². The average Bonchev–Trinajstić information content (AvgIpc) is 2.32. The van der Waals surface area contributed by atoms with E-state index in [1.807, 2.05) is 5.43 Å². The fourth-order valence-corrected chi connectivity index (χ4v) is 1.16. The molecule has 0 bridgehead atoms. The maximum absolute atomic E-state index is 13.6. The number of hydrazone groups is 1. The van der Waals surface area contributed by atoms with Crippen molar-refractivity contribution in [3.05, 3.63) is 23.8 Å². The van der Waals surface area contributed by atoms with Crippen molar-refractivity contribution >= 4 is 17.2 Å². The second-order valence-corrected chi connectivity index (χ2v) is 3.29. The zero-order valence-electron chi connectivity index (χ0n) is 10.00. The molecule has 1 aromatic carbocycles. The second-order valence-electron chi connectivity index (χ2n) is 3.29. The van der Waals surface area contributed by atoms with Crippen molar-refractivity contribution in [2.75, 3.05) is 12.0 Å². The first-order valence-corrected chi connectivity index (χ1v) is 5.19. The number of ether oxygens (including phenoxy) is 1. The summed E-state index contributed by atoms with van der Waals surface area (Å²) in [4.78, 5) is 0. The molecule has 0 aliphatic heterocycles. The third-order valence-electron chi connectivity index (χ3n) is 1.97. The SMILES string of the molecule is CCOc1cc(F)c(N/N=C(\C#N)C(=N)N)c(F)c1. The second kappa shape index (κ2) is 6.30. The van der Waals surface area contributed by atoms with Crippen molar-refractivity contribution < 1.29 is 13.5 Å². The number of anilines is 1. The number of rotatable bonds is 5. The molecule has 0 fully saturated rings. The van der Waals surface area contributed by atoms with E-state index in [2.05, 4.69) is 5.10 Å². The summed E-state index contributed by atoms with van der Waals surface area (Å²) in [5.41, 5.74) is 6.02. The van der Waals surface area contributed by atoms with Crippen LogP contribution in [0.4, 0.5) is 14.5 Å². The summed E-state index contributed by atoms with van der Waals surface area (Å²) in [6.07, 6.45) is 0. The fraction of sp³-hybridized carbons (Fsp3) is 0.182. The van der Waals surface area contributed by atoms with Gasteiger partial charge in [-0.2, -0.15) is 10.4 Å². The number of halogens is 2. The lowest BCUT2D eigenvalue weighted by Crippen LogP contribution is -2.22. The highest BCUT2D eigenvalue weighted by Gasteiger charge is 2.12. The van der Waals surface area contributed by atoms with Gasteiger partial charge < -0.3 is 10.5 Å². The van der Waals surface area contributed by atoms with Gasteiger partial charge in [0.25, 0.3) is 0 Å². The summed E-state index contributed by atoms with van der Waals surface area (Å²) >= 11 is 0. The zero-order chi connectivity index (χ0) is 14.4. The Balaban J connectivity index is 3.03. The summed E-state index contributed by atoms with van der Waals surface area (Å²) in [5.74, 6) is -2.44. The summed E-state index contributed by atoms with van der Waals surface area (Å²) < 4.78 is 32.1. The number of benzene rings is 1. The van der Waals surface area contributed by atoms with Gasteiger partial charge in [-0.3, -0.25) is 10.8 Å². The minimum Gasteiger partial charge on any atom is -0.494 e. The molecule has 0 saturated carbocycles. The first kappa shape index (κ1) is 14.4. The topological polar surface area (TPSA) is 107 Å². The molecule has 0 heterocycles. The van der Waals surface area contributed by atoms with Gasteiger partial charge in [0.1, 0.15) is 17.5 Å². The minimum absolute atomic E-state index is 0.0408. The monoisotopic (exact) mass is 267 g/mol. The Labute approximate surface area is 108 Å². The van der Waals surface area contributed by atoms with Crippen molar-refractivity contribution in [1.29, 1.82) is 10.7 Å². The van der Waals surface area contributed by atoms with E-state index >= 15 is 0 Å². The van der Waals surface area contributed by atoms with Crippen molar-refractivity contribution in [3.63, 3.8) is 0 Å². The number of nitrogens with two attached hydrogens (primary N) is 1. The van der Waals surface area contributed by atoms with Crippen LogP contribution in [-0.4, -0.2) is 18.2 Å². The highest BCUT2D eigenvalue weighted by atomic mass is 19.1. The maximum Gasteiger partial charge on any atom is 0.201 e. The molecule has 0 aliphatic rings. The molecular weight excluding hydrogens is 256 g/mol. The molecule has 0 unspecified atom stereocenters. The van der Waals surface area contributed by atoms with Crippen molar-refractivity contribution in [2.45, 2.75) is 6.92 Å². The summed E-state index contributed by atoms with van der Waals surface area (Å²) in [5, 5.41) is 18.9. The van der Waals surface area contributed by atoms with E-state index in [1.54, 1.807) is 6.92 Å². The van der Waals surface area contributed by atoms with Crippen molar-refractivity contribution in [1.82, 2.24) is 0 Å². The first-order chi connectivity index (χ1) is 8.99. The molecule has 0 spiro atoms. The first-order valence-electron chi connectivity index (χ1n) is 5.19. The number of nitrogens with one attached hydrogen (secondary N) is 2. The lowest BCUT2D eigenvalue weighted by atomic mass is 10.3. The summed E-state index contributed by atoms with van der Waals surface area (Å²) in [7, 11) is 0. The highest BCUT2D eigenvalue weighted by Crippen LogP contribution is 2.24. The summed E-state index contributed by atoms with van der Waals surface area (Å²) in [6.45, 7) is 1.95. The normalized spacial score (nSPS) is 10.7. The predicted molar refractivity (Wildman–Crippen MR) is 66.1 cm³/mol. The standard InChI is InChI=1S/C11H11F2N5O/c1-2-19-6-3-7(12)10(8(13)4-6)18-17-9(5-14)11(15)16/h3-4,18H,2H2,1H3,(H3,15,16)/b17-9+. The lowest BCUT2D eigenvalue weighted by molar-refractivity contribution is 0.336. The molecule has 8 heteroatoms. The highest BCUT2D eigenvalue weighted by molar-refractivity contribution is 6.45. The molecule has 0 aromatic heterocycles. The van der Waals surface area contributed by atoms with Crippen LogP contribution in [0.1, 0.15) is 6.92 Å². The molecule has 4 N–H and O–H groups in total. The summed E-state index contributed by atoms with van der Waals surface area (Å²) in [6, 6.07) is 3.46. The zero-order valence-corrected chi connectivity index (χ0v) is 10.00. The predicted octanol–water partition coefficient (Wildman–Crippen LogP) is 1.59. The van der Waals surface area contributed by atoms with Crippen LogP contribution in [0.2, 0.25) is 0 Å². The Bertz CT molecular complexity index is 542. The smallest absolute Gasteiger partial charge is 0.201 e. The van der Waals surface area contributed by atoms with Gasteiger partial charge >= 0.3 is 0 Å². The molecule has 0 radical (unpaired) electrons. The third-order valence-corrected chi connectivity index (χ3v) is 1.97. The Hall–Kier alpha value is -2.69. The van der Waals surface area contributed by atoms with Crippen LogP contribution in [0, 0.1) is 28.4 Å². The molecule has 0 saturated heterocycles. The van der Waals surface area contributed by atoms with E-state index < -0.39 is 28.9 Å². The third kappa shape index (κ3) is 3.64. The van der Waals surface area contributed by atoms with Crippen LogP contribution in [0.3, 0.4) is 0 Å². The van der Waals surface area contributed by atoms with E-state index in [9.17, 15) is 8.78 Å². The van der Waals surface area contributed by atoms with E-state index in [0.717, 1.165) is 12.1 Å². The number of nitrogens with zero attached hydrogens (tertiary/aromatic N) is 2. The fourth-order valence-electron chi connectivity index (χ4n) is 1.16. The van der Waals surface area contributed by atoms with E-state index in [-0.39, 0.29) is 12.4 Å². The van der Waals surface area contributed by atoms with Gasteiger partial charge in [-0.25, -0.2) is 8.78 Å². The Morgan fingerprint density at radius 2 is 2.11 bits per heavy atom. The Kier molecular flexibility index (Phi) is 4.76. The number of amidine groups is 1. The van der Waals surface area contributed by atoms with Gasteiger partial charge in [-0.1, -0.05) is 0 Å². The lowest BCUT2D eigenvalue weighted by Gasteiger charge is -2.08.